The number of nitrogens with zero attached hydrogens (tertiary/aromatic N) is 3. The zero-order valence-electron chi connectivity index (χ0n) is 11.0. The predicted octanol–water partition coefficient (Wildman–Crippen LogP) is 1.81. The lowest BCUT2D eigenvalue weighted by Gasteiger charge is -2.16. The van der Waals surface area contributed by atoms with Crippen molar-refractivity contribution in [3.8, 4) is 0 Å². The van der Waals surface area contributed by atoms with Crippen LogP contribution in [0.2, 0.25) is 0 Å². The molecular weight excluding hydrogens is 228 g/mol. The Bertz CT molecular complexity index is 483. The van der Waals surface area contributed by atoms with Crippen molar-refractivity contribution < 1.29 is 4.74 Å². The Morgan fingerprint density at radius 2 is 2.28 bits per heavy atom. The standard InChI is InChI=1S/C13H20N4O/c1-3-7-18-10-12(15-4-2)11-8-16-17-6-5-14-9-13(11)17/h5-6,8-9,12,15H,3-4,7,10H2,1-2H3. The molecule has 0 bridgehead atoms. The first kappa shape index (κ1) is 13.0. The van der Waals surface area contributed by atoms with Crippen molar-refractivity contribution in [3.63, 3.8) is 0 Å². The van der Waals surface area contributed by atoms with Crippen molar-refractivity contribution in [1.29, 1.82) is 0 Å². The highest BCUT2D eigenvalue weighted by Crippen LogP contribution is 2.18. The summed E-state index contributed by atoms with van der Waals surface area (Å²) in [5, 5.41) is 7.76. The van der Waals surface area contributed by atoms with Gasteiger partial charge in [-0.15, -0.1) is 0 Å². The van der Waals surface area contributed by atoms with E-state index in [0.29, 0.717) is 6.61 Å². The van der Waals surface area contributed by atoms with Crippen molar-refractivity contribution in [2.75, 3.05) is 19.8 Å². The second-order valence-corrected chi connectivity index (χ2v) is 4.19. The maximum absolute atomic E-state index is 5.65. The smallest absolute Gasteiger partial charge is 0.0893 e. The molecule has 1 unspecified atom stereocenters. The molecule has 0 radical (unpaired) electrons. The molecule has 0 amide bonds. The van der Waals surface area contributed by atoms with E-state index in [1.165, 1.54) is 0 Å². The zero-order valence-corrected chi connectivity index (χ0v) is 11.0. The predicted molar refractivity (Wildman–Crippen MR) is 70.5 cm³/mol. The number of likely N-dealkylation sites (N-methyl/N-ethyl adjacent to an activating group) is 1. The molecule has 0 saturated carbocycles. The highest BCUT2D eigenvalue weighted by molar-refractivity contribution is 5.53. The number of ether oxygens (including phenoxy) is 1. The first-order valence-corrected chi connectivity index (χ1v) is 6.45. The van der Waals surface area contributed by atoms with E-state index in [2.05, 4.69) is 29.2 Å². The summed E-state index contributed by atoms with van der Waals surface area (Å²) >= 11 is 0. The molecule has 0 aliphatic rings. The summed E-state index contributed by atoms with van der Waals surface area (Å²) in [5.74, 6) is 0. The molecule has 2 rings (SSSR count). The van der Waals surface area contributed by atoms with Crippen molar-refractivity contribution in [1.82, 2.24) is 19.9 Å². The van der Waals surface area contributed by atoms with Gasteiger partial charge >= 0.3 is 0 Å². The summed E-state index contributed by atoms with van der Waals surface area (Å²) in [4.78, 5) is 4.16. The highest BCUT2D eigenvalue weighted by atomic mass is 16.5. The normalized spacial score (nSPS) is 13.0. The van der Waals surface area contributed by atoms with Crippen LogP contribution in [0.25, 0.3) is 5.52 Å². The summed E-state index contributed by atoms with van der Waals surface area (Å²) < 4.78 is 7.49. The van der Waals surface area contributed by atoms with Crippen LogP contribution in [-0.2, 0) is 4.74 Å². The molecule has 1 atom stereocenters. The average Bonchev–Trinajstić information content (AvgIpc) is 2.82. The van der Waals surface area contributed by atoms with Crippen molar-refractivity contribution in [3.05, 3.63) is 30.4 Å². The second kappa shape index (κ2) is 6.47. The maximum atomic E-state index is 5.65. The van der Waals surface area contributed by atoms with E-state index in [-0.39, 0.29) is 6.04 Å². The van der Waals surface area contributed by atoms with Crippen LogP contribution < -0.4 is 5.32 Å². The zero-order chi connectivity index (χ0) is 12.8. The lowest BCUT2D eigenvalue weighted by atomic mass is 10.1. The fourth-order valence-electron chi connectivity index (χ4n) is 1.97. The first-order valence-electron chi connectivity index (χ1n) is 6.45. The van der Waals surface area contributed by atoms with Crippen LogP contribution >= 0.6 is 0 Å². The SMILES string of the molecule is CCCOCC(NCC)c1cnn2ccncc12. The Labute approximate surface area is 107 Å². The topological polar surface area (TPSA) is 51.5 Å². The van der Waals surface area contributed by atoms with Gasteiger partial charge in [0, 0.05) is 24.6 Å². The van der Waals surface area contributed by atoms with Gasteiger partial charge in [0.2, 0.25) is 0 Å². The van der Waals surface area contributed by atoms with E-state index in [9.17, 15) is 0 Å². The number of rotatable bonds is 7. The molecule has 0 aliphatic heterocycles. The third-order valence-corrected chi connectivity index (χ3v) is 2.81. The van der Waals surface area contributed by atoms with Gasteiger partial charge in [-0.05, 0) is 13.0 Å². The molecule has 0 aromatic carbocycles. The van der Waals surface area contributed by atoms with Crippen molar-refractivity contribution in [2.24, 2.45) is 0 Å². The minimum Gasteiger partial charge on any atom is -0.379 e. The van der Waals surface area contributed by atoms with Crippen LogP contribution in [0.5, 0.6) is 0 Å². The lowest BCUT2D eigenvalue weighted by molar-refractivity contribution is 0.112. The number of hydrogen-bond acceptors (Lipinski definition) is 4. The van der Waals surface area contributed by atoms with Crippen LogP contribution in [0.15, 0.2) is 24.8 Å². The van der Waals surface area contributed by atoms with Gasteiger partial charge in [-0.25, -0.2) is 4.52 Å². The highest BCUT2D eigenvalue weighted by Gasteiger charge is 2.15. The molecule has 0 aliphatic carbocycles. The molecule has 5 heteroatoms. The second-order valence-electron chi connectivity index (χ2n) is 4.19. The van der Waals surface area contributed by atoms with Gasteiger partial charge in [-0.3, -0.25) is 4.98 Å². The summed E-state index contributed by atoms with van der Waals surface area (Å²) in [5.41, 5.74) is 2.17. The average molecular weight is 248 g/mol. The van der Waals surface area contributed by atoms with Gasteiger partial charge in [0.25, 0.3) is 0 Å². The van der Waals surface area contributed by atoms with E-state index < -0.39 is 0 Å². The monoisotopic (exact) mass is 248 g/mol. The molecule has 1 N–H and O–H groups in total. The Hall–Kier alpha value is -1.46. The van der Waals surface area contributed by atoms with Gasteiger partial charge < -0.3 is 10.1 Å². The van der Waals surface area contributed by atoms with Gasteiger partial charge in [-0.2, -0.15) is 5.10 Å². The molecule has 18 heavy (non-hydrogen) atoms. The third kappa shape index (κ3) is 2.86. The van der Waals surface area contributed by atoms with E-state index in [0.717, 1.165) is 30.7 Å². The molecular formula is C13H20N4O. The van der Waals surface area contributed by atoms with E-state index >= 15 is 0 Å². The van der Waals surface area contributed by atoms with Crippen molar-refractivity contribution >= 4 is 5.52 Å². The van der Waals surface area contributed by atoms with E-state index in [4.69, 9.17) is 4.74 Å². The van der Waals surface area contributed by atoms with E-state index in [1.807, 2.05) is 23.1 Å². The van der Waals surface area contributed by atoms with Crippen molar-refractivity contribution in [2.45, 2.75) is 26.3 Å². The lowest BCUT2D eigenvalue weighted by Crippen LogP contribution is -2.25. The number of aromatic nitrogens is 3. The summed E-state index contributed by atoms with van der Waals surface area (Å²) in [7, 11) is 0. The van der Waals surface area contributed by atoms with Crippen LogP contribution in [0.1, 0.15) is 31.9 Å². The molecule has 0 spiro atoms. The molecule has 2 aromatic heterocycles. The van der Waals surface area contributed by atoms with Gasteiger partial charge in [0.15, 0.2) is 0 Å². The summed E-state index contributed by atoms with van der Waals surface area (Å²) in [6, 6.07) is 0.170. The Kier molecular flexibility index (Phi) is 4.66. The number of fused-ring (bicyclic) bond motifs is 1. The Morgan fingerprint density at radius 3 is 3.06 bits per heavy atom. The van der Waals surface area contributed by atoms with E-state index in [1.54, 1.807) is 6.20 Å². The Morgan fingerprint density at radius 1 is 1.39 bits per heavy atom. The fourth-order valence-corrected chi connectivity index (χ4v) is 1.97. The molecule has 0 saturated heterocycles. The molecule has 2 aromatic rings. The minimum atomic E-state index is 0.170. The Balaban J connectivity index is 2.18. The van der Waals surface area contributed by atoms with Gasteiger partial charge in [0.1, 0.15) is 0 Å². The van der Waals surface area contributed by atoms with Crippen LogP contribution in [0, 0.1) is 0 Å². The number of hydrogen-bond donors (Lipinski definition) is 1. The van der Waals surface area contributed by atoms with Gasteiger partial charge in [0.05, 0.1) is 30.6 Å². The number of nitrogens with one attached hydrogen (secondary N) is 1. The minimum absolute atomic E-state index is 0.170. The maximum Gasteiger partial charge on any atom is 0.0893 e. The summed E-state index contributed by atoms with van der Waals surface area (Å²) in [6.07, 6.45) is 8.36. The first-order chi connectivity index (χ1) is 8.86. The largest absolute Gasteiger partial charge is 0.379 e. The van der Waals surface area contributed by atoms with Crippen LogP contribution in [0.3, 0.4) is 0 Å². The third-order valence-electron chi connectivity index (χ3n) is 2.81. The van der Waals surface area contributed by atoms with Gasteiger partial charge in [-0.1, -0.05) is 13.8 Å². The summed E-state index contributed by atoms with van der Waals surface area (Å²) in [6.45, 7) is 6.56. The van der Waals surface area contributed by atoms with Crippen LogP contribution in [-0.4, -0.2) is 34.4 Å². The molecule has 0 fully saturated rings. The molecule has 5 nitrogen and oxygen atoms in total. The molecule has 2 heterocycles. The molecule has 98 valence electrons. The fraction of sp³-hybridized carbons (Fsp3) is 0.538. The quantitative estimate of drug-likeness (QED) is 0.759. The van der Waals surface area contributed by atoms with Crippen LogP contribution in [0.4, 0.5) is 0 Å².